The van der Waals surface area contributed by atoms with Gasteiger partial charge >= 0.3 is 0 Å². The van der Waals surface area contributed by atoms with E-state index in [1.165, 1.54) is 36.0 Å². The molecule has 206 valence electrons. The highest BCUT2D eigenvalue weighted by Crippen LogP contribution is 2.35. The quantitative estimate of drug-likeness (QED) is 0.274. The Morgan fingerprint density at radius 2 is 1.80 bits per heavy atom. The summed E-state index contributed by atoms with van der Waals surface area (Å²) in [6.45, 7) is 1.82. The third kappa shape index (κ3) is 5.72. The standard InChI is InChI=1S/C29H24N6O4S2/c1-17-13-21(22-14-18(15-30)5-12-26(22)39-3)23(16-31-17)27(36)34-29-33-25-11-10-24(32-28(25)40-29)19-6-8-20(9-7-19)35(2)41(4,37)38/h5-14,16H,1-4H3,(H,33,34,36). The average molecular weight is 585 g/mol. The summed E-state index contributed by atoms with van der Waals surface area (Å²) >= 11 is 1.23. The molecular weight excluding hydrogens is 560 g/mol. The summed E-state index contributed by atoms with van der Waals surface area (Å²) in [7, 11) is -0.335. The van der Waals surface area contributed by atoms with E-state index in [0.717, 1.165) is 11.8 Å². The van der Waals surface area contributed by atoms with Crippen LogP contribution in [-0.2, 0) is 10.0 Å². The van der Waals surface area contributed by atoms with Crippen LogP contribution < -0.4 is 14.4 Å². The molecule has 5 aromatic rings. The molecule has 3 heterocycles. The monoisotopic (exact) mass is 584 g/mol. The van der Waals surface area contributed by atoms with Gasteiger partial charge in [-0.2, -0.15) is 5.26 Å². The molecule has 0 aliphatic rings. The molecule has 3 aromatic heterocycles. The van der Waals surface area contributed by atoms with Gasteiger partial charge in [0.1, 0.15) is 16.1 Å². The van der Waals surface area contributed by atoms with Gasteiger partial charge in [0.2, 0.25) is 10.0 Å². The van der Waals surface area contributed by atoms with Crippen molar-refractivity contribution in [3.05, 3.63) is 83.7 Å². The number of carbonyl (C=O) groups excluding carboxylic acids is 1. The summed E-state index contributed by atoms with van der Waals surface area (Å²) in [5, 5.41) is 12.6. The molecule has 0 aliphatic heterocycles. The summed E-state index contributed by atoms with van der Waals surface area (Å²) in [5.41, 5.74) is 5.27. The molecule has 12 heteroatoms. The largest absolute Gasteiger partial charge is 0.496 e. The highest BCUT2D eigenvalue weighted by molar-refractivity contribution is 7.92. The van der Waals surface area contributed by atoms with Gasteiger partial charge in [-0.05, 0) is 55.5 Å². The SMILES string of the molecule is COc1ccc(C#N)cc1-c1cc(C)ncc1C(=O)Nc1nc2ccc(-c3ccc(N(C)S(C)(=O)=O)cc3)nc2s1. The van der Waals surface area contributed by atoms with Crippen LogP contribution in [0.5, 0.6) is 5.75 Å². The van der Waals surface area contributed by atoms with Crippen molar-refractivity contribution in [3.8, 4) is 34.2 Å². The molecule has 0 saturated carbocycles. The van der Waals surface area contributed by atoms with E-state index < -0.39 is 15.9 Å². The lowest BCUT2D eigenvalue weighted by molar-refractivity contribution is 0.102. The second-order valence-electron chi connectivity index (χ2n) is 9.17. The minimum absolute atomic E-state index is 0.302. The van der Waals surface area contributed by atoms with Gasteiger partial charge in [0.25, 0.3) is 5.91 Å². The van der Waals surface area contributed by atoms with E-state index in [-0.39, 0.29) is 0 Å². The number of aryl methyl sites for hydroxylation is 1. The van der Waals surface area contributed by atoms with Crippen LogP contribution in [0.2, 0.25) is 0 Å². The number of amides is 1. The molecule has 0 bridgehead atoms. The Bertz CT molecular complexity index is 1950. The number of hydrogen-bond donors (Lipinski definition) is 1. The molecule has 0 radical (unpaired) electrons. The highest BCUT2D eigenvalue weighted by Gasteiger charge is 2.20. The zero-order chi connectivity index (χ0) is 29.3. The number of thiazole rings is 1. The Morgan fingerprint density at radius 3 is 2.49 bits per heavy atom. The Labute approximate surface area is 241 Å². The number of nitrogens with one attached hydrogen (secondary N) is 1. The molecule has 0 aliphatic carbocycles. The van der Waals surface area contributed by atoms with E-state index in [4.69, 9.17) is 9.72 Å². The maximum absolute atomic E-state index is 13.4. The van der Waals surface area contributed by atoms with Crippen LogP contribution in [-0.4, -0.2) is 49.7 Å². The fourth-order valence-corrected chi connectivity index (χ4v) is 5.52. The lowest BCUT2D eigenvalue weighted by Gasteiger charge is -2.16. The van der Waals surface area contributed by atoms with Gasteiger partial charge in [0, 0.05) is 35.6 Å². The van der Waals surface area contributed by atoms with Crippen LogP contribution in [0.15, 0.2) is 66.9 Å². The van der Waals surface area contributed by atoms with Gasteiger partial charge in [0.15, 0.2) is 5.13 Å². The van der Waals surface area contributed by atoms with Gasteiger partial charge < -0.3 is 4.74 Å². The summed E-state index contributed by atoms with van der Waals surface area (Å²) in [5.74, 6) is 0.109. The number of nitriles is 1. The van der Waals surface area contributed by atoms with Crippen molar-refractivity contribution in [2.45, 2.75) is 6.92 Å². The zero-order valence-corrected chi connectivity index (χ0v) is 24.2. The Morgan fingerprint density at radius 1 is 1.05 bits per heavy atom. The highest BCUT2D eigenvalue weighted by atomic mass is 32.2. The van der Waals surface area contributed by atoms with E-state index in [2.05, 4.69) is 21.4 Å². The van der Waals surface area contributed by atoms with Crippen molar-refractivity contribution in [1.82, 2.24) is 15.0 Å². The number of pyridine rings is 2. The smallest absolute Gasteiger partial charge is 0.259 e. The number of sulfonamides is 1. The second-order valence-corrected chi connectivity index (χ2v) is 12.2. The minimum Gasteiger partial charge on any atom is -0.496 e. The first-order chi connectivity index (χ1) is 19.6. The molecule has 41 heavy (non-hydrogen) atoms. The number of ether oxygens (including phenoxy) is 1. The van der Waals surface area contributed by atoms with E-state index >= 15 is 0 Å². The third-order valence-electron chi connectivity index (χ3n) is 6.40. The number of fused-ring (bicyclic) bond motifs is 1. The number of anilines is 2. The van der Waals surface area contributed by atoms with Crippen molar-refractivity contribution in [1.29, 1.82) is 5.26 Å². The van der Waals surface area contributed by atoms with Crippen LogP contribution >= 0.6 is 11.3 Å². The molecule has 1 N–H and O–H groups in total. The summed E-state index contributed by atoms with van der Waals surface area (Å²) in [6.07, 6.45) is 2.64. The second kappa shape index (κ2) is 11.0. The van der Waals surface area contributed by atoms with Crippen molar-refractivity contribution in [2.75, 3.05) is 30.0 Å². The van der Waals surface area contributed by atoms with Gasteiger partial charge in [-0.15, -0.1) is 0 Å². The summed E-state index contributed by atoms with van der Waals surface area (Å²) in [4.78, 5) is 27.6. The molecule has 2 aromatic carbocycles. The van der Waals surface area contributed by atoms with E-state index in [1.807, 2.05) is 19.1 Å². The van der Waals surface area contributed by atoms with Crippen molar-refractivity contribution >= 4 is 48.4 Å². The van der Waals surface area contributed by atoms with Crippen LogP contribution in [0.3, 0.4) is 0 Å². The third-order valence-corrected chi connectivity index (χ3v) is 8.49. The summed E-state index contributed by atoms with van der Waals surface area (Å²) < 4.78 is 30.3. The molecule has 5 rings (SSSR count). The van der Waals surface area contributed by atoms with E-state index in [0.29, 0.717) is 60.6 Å². The van der Waals surface area contributed by atoms with Crippen LogP contribution in [0.4, 0.5) is 10.8 Å². The van der Waals surface area contributed by atoms with Crippen molar-refractivity contribution < 1.29 is 17.9 Å². The molecule has 0 saturated heterocycles. The first-order valence-electron chi connectivity index (χ1n) is 12.3. The molecule has 0 unspecified atom stereocenters. The Balaban J connectivity index is 1.43. The molecule has 0 spiro atoms. The van der Waals surface area contributed by atoms with Gasteiger partial charge in [-0.3, -0.25) is 19.4 Å². The van der Waals surface area contributed by atoms with Crippen LogP contribution in [0.25, 0.3) is 32.7 Å². The first kappa shape index (κ1) is 27.7. The lowest BCUT2D eigenvalue weighted by Crippen LogP contribution is -2.24. The first-order valence-corrected chi connectivity index (χ1v) is 14.9. The number of benzene rings is 2. The fourth-order valence-electron chi connectivity index (χ4n) is 4.18. The maximum Gasteiger partial charge on any atom is 0.259 e. The Hall–Kier alpha value is -4.86. The van der Waals surface area contributed by atoms with Crippen molar-refractivity contribution in [3.63, 3.8) is 0 Å². The predicted octanol–water partition coefficient (Wildman–Crippen LogP) is 5.26. The average Bonchev–Trinajstić information content (AvgIpc) is 3.37. The van der Waals surface area contributed by atoms with E-state index in [1.54, 1.807) is 48.5 Å². The molecule has 0 atom stereocenters. The lowest BCUT2D eigenvalue weighted by atomic mass is 9.97. The minimum atomic E-state index is -3.36. The van der Waals surface area contributed by atoms with E-state index in [9.17, 15) is 18.5 Å². The van der Waals surface area contributed by atoms with Gasteiger partial charge in [0.05, 0.1) is 41.9 Å². The normalized spacial score (nSPS) is 11.2. The Kier molecular flexibility index (Phi) is 7.40. The summed E-state index contributed by atoms with van der Waals surface area (Å²) in [6, 6.07) is 19.6. The molecule has 1 amide bonds. The topological polar surface area (TPSA) is 138 Å². The predicted molar refractivity (Wildman–Crippen MR) is 160 cm³/mol. The maximum atomic E-state index is 13.4. The number of rotatable bonds is 7. The molecule has 10 nitrogen and oxygen atoms in total. The fraction of sp³-hybridized carbons (Fsp3) is 0.138. The molecule has 0 fully saturated rings. The zero-order valence-electron chi connectivity index (χ0n) is 22.5. The number of nitrogens with zero attached hydrogens (tertiary/aromatic N) is 5. The number of carbonyl (C=O) groups is 1. The van der Waals surface area contributed by atoms with Crippen molar-refractivity contribution in [2.24, 2.45) is 0 Å². The van der Waals surface area contributed by atoms with Crippen LogP contribution in [0.1, 0.15) is 21.6 Å². The molecular formula is C29H24N6O4S2. The number of methoxy groups -OCH3 is 1. The van der Waals surface area contributed by atoms with Crippen LogP contribution in [0, 0.1) is 18.3 Å². The van der Waals surface area contributed by atoms with Gasteiger partial charge in [-0.25, -0.2) is 18.4 Å². The number of hydrogen-bond acceptors (Lipinski definition) is 9. The number of aromatic nitrogens is 3. The van der Waals surface area contributed by atoms with Gasteiger partial charge in [-0.1, -0.05) is 23.5 Å².